The Labute approximate surface area is 189 Å². The first kappa shape index (κ1) is 23.2. The van der Waals surface area contributed by atoms with Crippen molar-refractivity contribution < 1.29 is 4.42 Å². The smallest absolute Gasteiger partial charge is 0.148 e. The van der Waals surface area contributed by atoms with Gasteiger partial charge in [0, 0.05) is 0 Å². The molecule has 2 aromatic carbocycles. The summed E-state index contributed by atoms with van der Waals surface area (Å²) in [5, 5.41) is 2.88. The predicted molar refractivity (Wildman–Crippen MR) is 141 cm³/mol. The minimum atomic E-state index is -1.29. The molecule has 3 aromatic rings. The van der Waals surface area contributed by atoms with Crippen molar-refractivity contribution in [3.8, 4) is 0 Å². The zero-order chi connectivity index (χ0) is 22.8. The van der Waals surface area contributed by atoms with E-state index in [0.29, 0.717) is 0 Å². The minimum Gasteiger partial charge on any atom is -0.454 e. The minimum absolute atomic E-state index is 0.771. The first-order valence-corrected chi connectivity index (χ1v) is 17.9. The molecule has 0 aliphatic heterocycles. The molecule has 1 heterocycles. The van der Waals surface area contributed by atoms with Crippen LogP contribution in [0.1, 0.15) is 25.4 Å². The first-order chi connectivity index (χ1) is 14.4. The van der Waals surface area contributed by atoms with Crippen LogP contribution in [-0.2, 0) is 0 Å². The van der Waals surface area contributed by atoms with Crippen LogP contribution < -0.4 is 10.4 Å². The van der Waals surface area contributed by atoms with Crippen molar-refractivity contribution in [3.63, 3.8) is 0 Å². The largest absolute Gasteiger partial charge is 0.454 e. The van der Waals surface area contributed by atoms with E-state index in [2.05, 4.69) is 87.8 Å². The molecule has 0 saturated heterocycles. The van der Waals surface area contributed by atoms with E-state index in [4.69, 9.17) is 14.4 Å². The first-order valence-electron chi connectivity index (χ1n) is 10.9. The maximum atomic E-state index is 6.06. The highest BCUT2D eigenvalue weighted by molar-refractivity contribution is 6.89. The molecule has 0 fully saturated rings. The Balaban J connectivity index is 1.77. The molecule has 1 aromatic heterocycles. The summed E-state index contributed by atoms with van der Waals surface area (Å²) in [6.45, 7) is 18.1. The van der Waals surface area contributed by atoms with E-state index in [9.17, 15) is 0 Å². The molecule has 0 N–H and O–H groups in total. The van der Waals surface area contributed by atoms with Crippen molar-refractivity contribution in [2.75, 3.05) is 0 Å². The van der Waals surface area contributed by atoms with Crippen LogP contribution in [0.2, 0.25) is 39.3 Å². The summed E-state index contributed by atoms with van der Waals surface area (Å²) in [6.07, 6.45) is 0. The molecule has 162 valence electrons. The molecule has 0 saturated carbocycles. The van der Waals surface area contributed by atoms with E-state index in [1.807, 2.05) is 26.0 Å². The van der Waals surface area contributed by atoms with E-state index in [0.717, 1.165) is 34.3 Å². The van der Waals surface area contributed by atoms with E-state index >= 15 is 0 Å². The highest BCUT2D eigenvalue weighted by Crippen LogP contribution is 2.19. The number of furan rings is 1. The summed E-state index contributed by atoms with van der Waals surface area (Å²) < 4.78 is 6.06. The van der Waals surface area contributed by atoms with Gasteiger partial charge in [0.05, 0.1) is 38.9 Å². The van der Waals surface area contributed by atoms with Gasteiger partial charge in [0.25, 0.3) is 0 Å². The molecule has 0 aliphatic carbocycles. The van der Waals surface area contributed by atoms with Gasteiger partial charge in [-0.05, 0) is 50.2 Å². The average molecular weight is 447 g/mol. The maximum absolute atomic E-state index is 6.06. The lowest BCUT2D eigenvalue weighted by atomic mass is 10.2. The lowest BCUT2D eigenvalue weighted by Gasteiger charge is -2.16. The number of nitrogens with zero attached hydrogens (tertiary/aromatic N) is 2. The summed E-state index contributed by atoms with van der Waals surface area (Å²) in [5.41, 5.74) is 3.62. The summed E-state index contributed by atoms with van der Waals surface area (Å²) >= 11 is 0. The lowest BCUT2D eigenvalue weighted by molar-refractivity contribution is 0.548. The SMILES string of the molecule is CC(=Nc1ccc([Si](C)(C)C)cc1)c1ccc(C(C)=Nc2ccc([Si](C)(C)C)cc2)o1. The molecule has 0 unspecified atom stereocenters. The van der Waals surface area contributed by atoms with Crippen LogP contribution in [0, 0.1) is 0 Å². The van der Waals surface area contributed by atoms with Crippen LogP contribution in [-0.4, -0.2) is 27.6 Å². The molecule has 31 heavy (non-hydrogen) atoms. The topological polar surface area (TPSA) is 37.9 Å². The Hall–Kier alpha value is -2.51. The second-order valence-electron chi connectivity index (χ2n) is 10.2. The number of aliphatic imine (C=N–C) groups is 2. The molecule has 0 atom stereocenters. The molecule has 0 radical (unpaired) electrons. The van der Waals surface area contributed by atoms with Gasteiger partial charge in [-0.1, -0.05) is 73.9 Å². The fourth-order valence-electron chi connectivity index (χ4n) is 3.30. The molecule has 3 nitrogen and oxygen atoms in total. The highest BCUT2D eigenvalue weighted by atomic mass is 28.3. The Morgan fingerprint density at radius 2 is 0.871 bits per heavy atom. The van der Waals surface area contributed by atoms with Crippen LogP contribution in [0.25, 0.3) is 0 Å². The second kappa shape index (κ2) is 8.93. The monoisotopic (exact) mass is 446 g/mol. The Morgan fingerprint density at radius 1 is 0.548 bits per heavy atom. The Morgan fingerprint density at radius 3 is 1.16 bits per heavy atom. The molecule has 5 heteroatoms. The average Bonchev–Trinajstić information content (AvgIpc) is 3.18. The highest BCUT2D eigenvalue weighted by Gasteiger charge is 2.16. The fraction of sp³-hybridized carbons (Fsp3) is 0.308. The fourth-order valence-corrected chi connectivity index (χ4v) is 5.63. The van der Waals surface area contributed by atoms with Crippen LogP contribution in [0.15, 0.2) is 75.1 Å². The van der Waals surface area contributed by atoms with Gasteiger partial charge in [0.15, 0.2) is 0 Å². The molecule has 0 bridgehead atoms. The quantitative estimate of drug-likeness (QED) is 0.308. The standard InChI is InChI=1S/C26H34N2OSi2/c1-19(27-21-9-13-23(14-10-21)30(3,4)5)25-17-18-26(29-25)20(2)28-22-11-15-24(16-12-22)31(6,7)8/h9-18H,1-8H3. The number of hydrogen-bond donors (Lipinski definition) is 0. The van der Waals surface area contributed by atoms with Crippen LogP contribution >= 0.6 is 0 Å². The van der Waals surface area contributed by atoms with Crippen LogP contribution in [0.4, 0.5) is 11.4 Å². The van der Waals surface area contributed by atoms with Crippen molar-refractivity contribution in [1.29, 1.82) is 0 Å². The third kappa shape index (κ3) is 6.02. The summed E-state index contributed by atoms with van der Waals surface area (Å²) in [5.74, 6) is 1.54. The maximum Gasteiger partial charge on any atom is 0.148 e. The van der Waals surface area contributed by atoms with Crippen molar-refractivity contribution >= 4 is 49.3 Å². The zero-order valence-electron chi connectivity index (χ0n) is 20.1. The summed E-state index contributed by atoms with van der Waals surface area (Å²) in [7, 11) is -2.59. The number of rotatable bonds is 6. The van der Waals surface area contributed by atoms with E-state index in [1.165, 1.54) is 10.4 Å². The molecule has 0 aliphatic rings. The Bertz CT molecular complexity index is 1010. The third-order valence-electron chi connectivity index (χ3n) is 5.38. The molecular formula is C26H34N2OSi2. The van der Waals surface area contributed by atoms with Crippen molar-refractivity contribution in [1.82, 2.24) is 0 Å². The van der Waals surface area contributed by atoms with Gasteiger partial charge >= 0.3 is 0 Å². The second-order valence-corrected chi connectivity index (χ2v) is 20.3. The van der Waals surface area contributed by atoms with Gasteiger partial charge in [0.1, 0.15) is 11.5 Å². The van der Waals surface area contributed by atoms with Gasteiger partial charge in [-0.2, -0.15) is 0 Å². The van der Waals surface area contributed by atoms with E-state index in [1.54, 1.807) is 0 Å². The van der Waals surface area contributed by atoms with Crippen LogP contribution in [0.3, 0.4) is 0 Å². The van der Waals surface area contributed by atoms with Crippen molar-refractivity contribution in [2.24, 2.45) is 9.98 Å². The van der Waals surface area contributed by atoms with Gasteiger partial charge in [0.2, 0.25) is 0 Å². The van der Waals surface area contributed by atoms with Gasteiger partial charge in [-0.3, -0.25) is 0 Å². The Kier molecular flexibility index (Phi) is 6.67. The third-order valence-corrected chi connectivity index (χ3v) is 9.51. The number of hydrogen-bond acceptors (Lipinski definition) is 3. The summed E-state index contributed by atoms with van der Waals surface area (Å²) in [4.78, 5) is 9.49. The van der Waals surface area contributed by atoms with Crippen LogP contribution in [0.5, 0.6) is 0 Å². The van der Waals surface area contributed by atoms with E-state index < -0.39 is 16.1 Å². The molecule has 0 amide bonds. The number of benzene rings is 2. The molecular weight excluding hydrogens is 412 g/mol. The van der Waals surface area contributed by atoms with Crippen molar-refractivity contribution in [3.05, 3.63) is 72.2 Å². The normalized spacial score (nSPS) is 13.5. The van der Waals surface area contributed by atoms with E-state index in [-0.39, 0.29) is 0 Å². The lowest BCUT2D eigenvalue weighted by Crippen LogP contribution is -2.37. The zero-order valence-corrected chi connectivity index (χ0v) is 22.1. The predicted octanol–water partition coefficient (Wildman–Crippen LogP) is 6.65. The van der Waals surface area contributed by atoms with Gasteiger partial charge < -0.3 is 4.42 Å². The van der Waals surface area contributed by atoms with Gasteiger partial charge in [-0.25, -0.2) is 9.98 Å². The summed E-state index contributed by atoms with van der Waals surface area (Å²) in [6, 6.07) is 21.1. The van der Waals surface area contributed by atoms with Crippen molar-refractivity contribution in [2.45, 2.75) is 53.1 Å². The van der Waals surface area contributed by atoms with Gasteiger partial charge in [-0.15, -0.1) is 0 Å². The molecule has 0 spiro atoms. The molecule has 3 rings (SSSR count).